The largest absolute Gasteiger partial charge is 0.489 e. The van der Waals surface area contributed by atoms with Gasteiger partial charge < -0.3 is 14.8 Å². The van der Waals surface area contributed by atoms with Gasteiger partial charge in [-0.1, -0.05) is 72.8 Å². The maximum Gasteiger partial charge on any atom is 0.255 e. The first kappa shape index (κ1) is 20.2. The van der Waals surface area contributed by atoms with Crippen molar-refractivity contribution >= 4 is 11.6 Å². The van der Waals surface area contributed by atoms with E-state index in [2.05, 4.69) is 5.32 Å². The lowest BCUT2D eigenvalue weighted by atomic mass is 10.2. The summed E-state index contributed by atoms with van der Waals surface area (Å²) in [5.74, 6) is 1.14. The second kappa shape index (κ2) is 10.1. The molecule has 4 heteroatoms. The molecule has 0 heterocycles. The lowest BCUT2D eigenvalue weighted by molar-refractivity contribution is 0.102. The second-order valence-corrected chi connectivity index (χ2v) is 7.02. The average Bonchev–Trinajstić information content (AvgIpc) is 2.84. The van der Waals surface area contributed by atoms with Crippen LogP contribution in [0.5, 0.6) is 11.5 Å². The van der Waals surface area contributed by atoms with Crippen molar-refractivity contribution in [3.05, 3.63) is 126 Å². The molecule has 0 aliphatic heterocycles. The third kappa shape index (κ3) is 5.73. The number of anilines is 1. The third-order valence-electron chi connectivity index (χ3n) is 4.74. The predicted octanol–water partition coefficient (Wildman–Crippen LogP) is 6.10. The van der Waals surface area contributed by atoms with Gasteiger partial charge in [0.15, 0.2) is 0 Å². The molecule has 0 aromatic heterocycles. The van der Waals surface area contributed by atoms with Gasteiger partial charge in [-0.05, 0) is 47.5 Å². The highest BCUT2D eigenvalue weighted by atomic mass is 16.5. The molecule has 0 saturated heterocycles. The molecule has 0 radical (unpaired) electrons. The van der Waals surface area contributed by atoms with Gasteiger partial charge in [0.1, 0.15) is 24.7 Å². The molecule has 0 saturated carbocycles. The highest BCUT2D eigenvalue weighted by Crippen LogP contribution is 2.25. The van der Waals surface area contributed by atoms with Crippen LogP contribution in [0, 0.1) is 0 Å². The SMILES string of the molecule is O=C(Nc1ccccc1OCc1ccccc1)c1ccc(OCc2ccccc2)cc1. The molecule has 0 aliphatic carbocycles. The van der Waals surface area contributed by atoms with E-state index in [9.17, 15) is 4.79 Å². The van der Waals surface area contributed by atoms with Crippen molar-refractivity contribution in [2.24, 2.45) is 0 Å². The van der Waals surface area contributed by atoms with Crippen molar-refractivity contribution in [3.63, 3.8) is 0 Å². The van der Waals surface area contributed by atoms with E-state index in [4.69, 9.17) is 9.47 Å². The zero-order chi connectivity index (χ0) is 21.3. The molecule has 0 atom stereocenters. The molecule has 0 bridgehead atoms. The summed E-state index contributed by atoms with van der Waals surface area (Å²) in [5.41, 5.74) is 3.34. The van der Waals surface area contributed by atoms with Crippen LogP contribution in [-0.2, 0) is 13.2 Å². The van der Waals surface area contributed by atoms with Crippen molar-refractivity contribution in [2.75, 3.05) is 5.32 Å². The van der Waals surface area contributed by atoms with Crippen LogP contribution in [0.2, 0.25) is 0 Å². The van der Waals surface area contributed by atoms with Crippen LogP contribution < -0.4 is 14.8 Å². The number of amides is 1. The van der Waals surface area contributed by atoms with Crippen LogP contribution in [0.3, 0.4) is 0 Å². The van der Waals surface area contributed by atoms with Crippen LogP contribution in [0.25, 0.3) is 0 Å². The van der Waals surface area contributed by atoms with Gasteiger partial charge in [0.05, 0.1) is 5.69 Å². The summed E-state index contributed by atoms with van der Waals surface area (Å²) in [4.78, 5) is 12.7. The van der Waals surface area contributed by atoms with E-state index in [1.54, 1.807) is 24.3 Å². The highest BCUT2D eigenvalue weighted by Gasteiger charge is 2.10. The first-order valence-corrected chi connectivity index (χ1v) is 10.1. The van der Waals surface area contributed by atoms with Crippen molar-refractivity contribution in [3.8, 4) is 11.5 Å². The molecule has 1 N–H and O–H groups in total. The number of carbonyl (C=O) groups is 1. The van der Waals surface area contributed by atoms with Crippen LogP contribution in [0.1, 0.15) is 21.5 Å². The van der Waals surface area contributed by atoms with Gasteiger partial charge in [0.2, 0.25) is 0 Å². The molecule has 0 fully saturated rings. The van der Waals surface area contributed by atoms with Gasteiger partial charge in [-0.3, -0.25) is 4.79 Å². The molecule has 0 unspecified atom stereocenters. The smallest absolute Gasteiger partial charge is 0.255 e. The summed E-state index contributed by atoms with van der Waals surface area (Å²) in [6.07, 6.45) is 0. The molecule has 31 heavy (non-hydrogen) atoms. The average molecular weight is 409 g/mol. The molecule has 4 rings (SSSR count). The number of benzene rings is 4. The number of carbonyl (C=O) groups excluding carboxylic acids is 1. The van der Waals surface area contributed by atoms with Crippen molar-refractivity contribution in [2.45, 2.75) is 13.2 Å². The fourth-order valence-electron chi connectivity index (χ4n) is 3.07. The van der Waals surface area contributed by atoms with E-state index in [-0.39, 0.29) is 5.91 Å². The Bertz CT molecular complexity index is 1110. The number of para-hydroxylation sites is 2. The Kier molecular flexibility index (Phi) is 6.61. The number of nitrogens with one attached hydrogen (secondary N) is 1. The van der Waals surface area contributed by atoms with E-state index in [0.717, 1.165) is 11.1 Å². The first-order chi connectivity index (χ1) is 15.3. The van der Waals surface area contributed by atoms with E-state index in [1.165, 1.54) is 0 Å². The van der Waals surface area contributed by atoms with Crippen LogP contribution >= 0.6 is 0 Å². The van der Waals surface area contributed by atoms with E-state index >= 15 is 0 Å². The third-order valence-corrected chi connectivity index (χ3v) is 4.74. The Balaban J connectivity index is 1.37. The lowest BCUT2D eigenvalue weighted by Crippen LogP contribution is -2.13. The van der Waals surface area contributed by atoms with Crippen LogP contribution in [0.4, 0.5) is 5.69 Å². The van der Waals surface area contributed by atoms with Crippen LogP contribution in [-0.4, -0.2) is 5.91 Å². The maximum absolute atomic E-state index is 12.7. The molecule has 0 aliphatic rings. The summed E-state index contributed by atoms with van der Waals surface area (Å²) in [7, 11) is 0. The number of hydrogen-bond donors (Lipinski definition) is 1. The predicted molar refractivity (Wildman–Crippen MR) is 122 cm³/mol. The Morgan fingerprint density at radius 2 is 1.16 bits per heavy atom. The van der Waals surface area contributed by atoms with E-state index in [1.807, 2.05) is 84.9 Å². The minimum Gasteiger partial charge on any atom is -0.489 e. The van der Waals surface area contributed by atoms with Gasteiger partial charge >= 0.3 is 0 Å². The summed E-state index contributed by atoms with van der Waals surface area (Å²) in [6, 6.07) is 34.4. The molecular weight excluding hydrogens is 386 g/mol. The Morgan fingerprint density at radius 3 is 1.81 bits per heavy atom. The zero-order valence-electron chi connectivity index (χ0n) is 17.0. The van der Waals surface area contributed by atoms with Gasteiger partial charge in [0, 0.05) is 5.56 Å². The van der Waals surface area contributed by atoms with Crippen molar-refractivity contribution in [1.82, 2.24) is 0 Å². The quantitative estimate of drug-likeness (QED) is 0.383. The molecule has 4 aromatic rings. The monoisotopic (exact) mass is 409 g/mol. The second-order valence-electron chi connectivity index (χ2n) is 7.02. The molecule has 154 valence electrons. The van der Waals surface area contributed by atoms with Gasteiger partial charge in [-0.2, -0.15) is 0 Å². The van der Waals surface area contributed by atoms with Gasteiger partial charge in [-0.15, -0.1) is 0 Å². The summed E-state index contributed by atoms with van der Waals surface area (Å²) < 4.78 is 11.7. The van der Waals surface area contributed by atoms with E-state index in [0.29, 0.717) is 36.0 Å². The number of hydrogen-bond acceptors (Lipinski definition) is 3. The molecule has 1 amide bonds. The first-order valence-electron chi connectivity index (χ1n) is 10.1. The highest BCUT2D eigenvalue weighted by molar-refractivity contribution is 6.05. The molecule has 4 nitrogen and oxygen atoms in total. The number of rotatable bonds is 8. The standard InChI is InChI=1S/C27H23NO3/c29-27(23-15-17-24(18-16-23)30-19-21-9-3-1-4-10-21)28-25-13-7-8-14-26(25)31-20-22-11-5-2-6-12-22/h1-18H,19-20H2,(H,28,29). The van der Waals surface area contributed by atoms with Gasteiger partial charge in [0.25, 0.3) is 5.91 Å². The summed E-state index contributed by atoms with van der Waals surface area (Å²) in [6.45, 7) is 0.916. The van der Waals surface area contributed by atoms with Crippen molar-refractivity contribution < 1.29 is 14.3 Å². The van der Waals surface area contributed by atoms with Crippen molar-refractivity contribution in [1.29, 1.82) is 0 Å². The minimum absolute atomic E-state index is 0.203. The normalized spacial score (nSPS) is 10.3. The summed E-state index contributed by atoms with van der Waals surface area (Å²) in [5, 5.41) is 2.94. The Morgan fingerprint density at radius 1 is 0.613 bits per heavy atom. The fraction of sp³-hybridized carbons (Fsp3) is 0.0741. The minimum atomic E-state index is -0.203. The molecular formula is C27H23NO3. The zero-order valence-corrected chi connectivity index (χ0v) is 17.0. The maximum atomic E-state index is 12.7. The molecule has 4 aromatic carbocycles. The van der Waals surface area contributed by atoms with Gasteiger partial charge in [-0.25, -0.2) is 0 Å². The Labute approximate surface area is 182 Å². The lowest BCUT2D eigenvalue weighted by Gasteiger charge is -2.13. The summed E-state index contributed by atoms with van der Waals surface area (Å²) >= 11 is 0. The fourth-order valence-corrected chi connectivity index (χ4v) is 3.07. The Hall–Kier alpha value is -4.05. The topological polar surface area (TPSA) is 47.6 Å². The number of ether oxygens (including phenoxy) is 2. The molecule has 0 spiro atoms. The van der Waals surface area contributed by atoms with Crippen LogP contribution in [0.15, 0.2) is 109 Å². The van der Waals surface area contributed by atoms with E-state index < -0.39 is 0 Å².